The fourth-order valence-electron chi connectivity index (χ4n) is 1.84. The van der Waals surface area contributed by atoms with Crippen molar-refractivity contribution in [2.45, 2.75) is 18.8 Å². The van der Waals surface area contributed by atoms with E-state index in [1.165, 1.54) is 18.2 Å². The van der Waals surface area contributed by atoms with Crippen LogP contribution >= 0.6 is 15.9 Å². The van der Waals surface area contributed by atoms with Crippen LogP contribution in [-0.2, 0) is 0 Å². The molecule has 0 saturated heterocycles. The van der Waals surface area contributed by atoms with Crippen LogP contribution in [0.15, 0.2) is 28.9 Å². The van der Waals surface area contributed by atoms with E-state index in [1.54, 1.807) is 0 Å². The van der Waals surface area contributed by atoms with Crippen molar-refractivity contribution in [3.05, 3.63) is 50.6 Å². The smallest absolute Gasteiger partial charge is 0.314 e. The van der Waals surface area contributed by atoms with E-state index in [2.05, 4.69) is 25.9 Å². The molecule has 0 spiro atoms. The first-order valence-corrected chi connectivity index (χ1v) is 6.99. The van der Waals surface area contributed by atoms with E-state index in [9.17, 15) is 14.5 Å². The predicted octanol–water partition coefficient (Wildman–Crippen LogP) is 3.96. The maximum Gasteiger partial charge on any atom is 0.314 e. The second kappa shape index (κ2) is 5.36. The van der Waals surface area contributed by atoms with Crippen LogP contribution in [0.1, 0.15) is 24.6 Å². The van der Waals surface area contributed by atoms with Gasteiger partial charge >= 0.3 is 5.69 Å². The van der Waals surface area contributed by atoms with E-state index in [-0.39, 0.29) is 11.8 Å². The Bertz CT molecular complexity index is 722. The summed E-state index contributed by atoms with van der Waals surface area (Å²) in [6.45, 7) is 0. The number of benzene rings is 1. The summed E-state index contributed by atoms with van der Waals surface area (Å²) in [6, 6.07) is 4.98. The molecule has 108 valence electrons. The van der Waals surface area contributed by atoms with Gasteiger partial charge in [-0.25, -0.2) is 9.37 Å². The van der Waals surface area contributed by atoms with Crippen molar-refractivity contribution in [1.82, 2.24) is 9.97 Å². The molecule has 1 fully saturated rings. The van der Waals surface area contributed by atoms with Crippen LogP contribution < -0.4 is 4.74 Å². The molecule has 2 aromatic rings. The summed E-state index contributed by atoms with van der Waals surface area (Å²) < 4.78 is 19.6. The first-order valence-electron chi connectivity index (χ1n) is 6.20. The van der Waals surface area contributed by atoms with Gasteiger partial charge in [-0.05, 0) is 34.8 Å². The molecule has 1 saturated carbocycles. The number of halogens is 2. The zero-order valence-corrected chi connectivity index (χ0v) is 12.2. The molecule has 0 amide bonds. The average molecular weight is 354 g/mol. The van der Waals surface area contributed by atoms with E-state index in [0.29, 0.717) is 10.4 Å². The van der Waals surface area contributed by atoms with Gasteiger partial charge in [0, 0.05) is 18.1 Å². The van der Waals surface area contributed by atoms with E-state index in [4.69, 9.17) is 4.74 Å². The Morgan fingerprint density at radius 1 is 1.38 bits per heavy atom. The molecule has 0 unspecified atom stereocenters. The summed E-state index contributed by atoms with van der Waals surface area (Å²) in [5, 5.41) is 10.9. The average Bonchev–Trinajstić information content (AvgIpc) is 3.24. The molecule has 1 aliphatic rings. The maximum atomic E-state index is 13.8. The highest BCUT2D eigenvalue weighted by atomic mass is 79.9. The lowest BCUT2D eigenvalue weighted by molar-refractivity contribution is -0.385. The van der Waals surface area contributed by atoms with Gasteiger partial charge in [0.1, 0.15) is 10.4 Å². The summed E-state index contributed by atoms with van der Waals surface area (Å²) >= 11 is 3.23. The molecule has 1 aliphatic carbocycles. The number of aromatic nitrogens is 2. The Morgan fingerprint density at radius 3 is 2.81 bits per heavy atom. The summed E-state index contributed by atoms with van der Waals surface area (Å²) in [4.78, 5) is 18.6. The topological polar surface area (TPSA) is 78.2 Å². The van der Waals surface area contributed by atoms with Crippen LogP contribution in [0.2, 0.25) is 0 Å². The van der Waals surface area contributed by atoms with Gasteiger partial charge in [0.15, 0.2) is 5.82 Å². The van der Waals surface area contributed by atoms with Gasteiger partial charge in [0.2, 0.25) is 11.6 Å². The Balaban J connectivity index is 1.98. The second-order valence-electron chi connectivity index (χ2n) is 4.61. The van der Waals surface area contributed by atoms with Crippen LogP contribution in [0.25, 0.3) is 0 Å². The number of para-hydroxylation sites is 1. The van der Waals surface area contributed by atoms with Gasteiger partial charge in [-0.2, -0.15) is 4.98 Å². The maximum absolute atomic E-state index is 13.8. The lowest BCUT2D eigenvalue weighted by atomic mass is 10.3. The summed E-state index contributed by atoms with van der Waals surface area (Å²) in [5.41, 5.74) is -0.447. The molecule has 0 radical (unpaired) electrons. The quantitative estimate of drug-likeness (QED) is 0.472. The van der Waals surface area contributed by atoms with E-state index in [0.717, 1.165) is 18.9 Å². The van der Waals surface area contributed by atoms with Crippen molar-refractivity contribution in [1.29, 1.82) is 0 Å². The first-order chi connectivity index (χ1) is 10.0. The lowest BCUT2D eigenvalue weighted by Crippen LogP contribution is -2.00. The highest BCUT2D eigenvalue weighted by molar-refractivity contribution is 9.10. The Kier molecular flexibility index (Phi) is 3.54. The van der Waals surface area contributed by atoms with Crippen molar-refractivity contribution < 1.29 is 14.1 Å². The monoisotopic (exact) mass is 353 g/mol. The SMILES string of the molecule is O=[N+]([O-])c1cccc(F)c1Oc1cc(Br)nc(C2CC2)n1. The van der Waals surface area contributed by atoms with Gasteiger partial charge in [0.25, 0.3) is 0 Å². The number of hydrogen-bond donors (Lipinski definition) is 0. The first kappa shape index (κ1) is 13.9. The summed E-state index contributed by atoms with van der Waals surface area (Å²) in [6.07, 6.45) is 1.99. The van der Waals surface area contributed by atoms with Gasteiger partial charge < -0.3 is 4.74 Å². The van der Waals surface area contributed by atoms with Crippen LogP contribution in [0.5, 0.6) is 11.6 Å². The highest BCUT2D eigenvalue weighted by Crippen LogP contribution is 2.40. The normalized spacial score (nSPS) is 14.0. The van der Waals surface area contributed by atoms with E-state index < -0.39 is 22.2 Å². The number of ether oxygens (including phenoxy) is 1. The third kappa shape index (κ3) is 2.99. The number of nitro groups is 1. The van der Waals surface area contributed by atoms with Crippen LogP contribution in [-0.4, -0.2) is 14.9 Å². The molecule has 1 aromatic carbocycles. The minimum absolute atomic E-state index is 0.0759. The summed E-state index contributed by atoms with van der Waals surface area (Å²) in [7, 11) is 0. The lowest BCUT2D eigenvalue weighted by Gasteiger charge is -2.08. The van der Waals surface area contributed by atoms with Crippen molar-refractivity contribution in [3.8, 4) is 11.6 Å². The largest absolute Gasteiger partial charge is 0.428 e. The number of hydrogen-bond acceptors (Lipinski definition) is 5. The van der Waals surface area contributed by atoms with Crippen molar-refractivity contribution >= 4 is 21.6 Å². The number of nitro benzene ring substituents is 1. The third-order valence-electron chi connectivity index (χ3n) is 2.98. The van der Waals surface area contributed by atoms with Crippen LogP contribution in [0.4, 0.5) is 10.1 Å². The predicted molar refractivity (Wildman–Crippen MR) is 74.8 cm³/mol. The minimum Gasteiger partial charge on any atom is -0.428 e. The molecule has 3 rings (SSSR count). The van der Waals surface area contributed by atoms with Gasteiger partial charge in [-0.3, -0.25) is 10.1 Å². The minimum atomic E-state index is -0.813. The fourth-order valence-corrected chi connectivity index (χ4v) is 2.21. The molecule has 21 heavy (non-hydrogen) atoms. The van der Waals surface area contributed by atoms with Gasteiger partial charge in [0.05, 0.1) is 4.92 Å². The van der Waals surface area contributed by atoms with Crippen molar-refractivity contribution in [2.75, 3.05) is 0 Å². The molecule has 1 aromatic heterocycles. The van der Waals surface area contributed by atoms with Crippen LogP contribution in [0.3, 0.4) is 0 Å². The zero-order valence-electron chi connectivity index (χ0n) is 10.6. The molecular formula is C13H9BrFN3O3. The number of nitrogens with zero attached hydrogens (tertiary/aromatic N) is 3. The second-order valence-corrected chi connectivity index (χ2v) is 5.42. The van der Waals surface area contributed by atoms with Gasteiger partial charge in [-0.1, -0.05) is 6.07 Å². The van der Waals surface area contributed by atoms with Gasteiger partial charge in [-0.15, -0.1) is 0 Å². The molecule has 0 aliphatic heterocycles. The number of rotatable bonds is 4. The Morgan fingerprint density at radius 2 is 2.14 bits per heavy atom. The molecule has 0 bridgehead atoms. The molecular weight excluding hydrogens is 345 g/mol. The fraction of sp³-hybridized carbons (Fsp3) is 0.231. The van der Waals surface area contributed by atoms with Crippen LogP contribution in [0, 0.1) is 15.9 Å². The summed E-state index contributed by atoms with van der Waals surface area (Å²) in [5.74, 6) is -0.312. The van der Waals surface area contributed by atoms with E-state index >= 15 is 0 Å². The molecule has 0 atom stereocenters. The molecule has 6 nitrogen and oxygen atoms in total. The van der Waals surface area contributed by atoms with Crippen molar-refractivity contribution in [3.63, 3.8) is 0 Å². The Hall–Kier alpha value is -2.09. The third-order valence-corrected chi connectivity index (χ3v) is 3.39. The highest BCUT2D eigenvalue weighted by Gasteiger charge is 2.28. The zero-order chi connectivity index (χ0) is 15.0. The van der Waals surface area contributed by atoms with E-state index in [1.807, 2.05) is 0 Å². The Labute approximate surface area is 127 Å². The molecule has 8 heteroatoms. The van der Waals surface area contributed by atoms with Crippen molar-refractivity contribution in [2.24, 2.45) is 0 Å². The molecule has 1 heterocycles. The standard InChI is InChI=1S/C13H9BrFN3O3/c14-10-6-11(17-13(16-10)7-4-5-7)21-12-8(15)2-1-3-9(12)18(19)20/h1-3,6-7H,4-5H2. The molecule has 0 N–H and O–H groups in total.